The molecule has 1 aliphatic rings. The van der Waals surface area contributed by atoms with Crippen molar-refractivity contribution in [2.75, 3.05) is 0 Å². The molecule has 2 N–H and O–H groups in total. The highest BCUT2D eigenvalue weighted by atomic mass is 35.5. The largest absolute Gasteiger partial charge is 0.460 e. The van der Waals surface area contributed by atoms with Gasteiger partial charge in [0.25, 0.3) is 0 Å². The number of aliphatic imine (C=N–C) groups is 1. The summed E-state index contributed by atoms with van der Waals surface area (Å²) in [5, 5.41) is 5.19. The lowest BCUT2D eigenvalue weighted by molar-refractivity contribution is -0.191. The summed E-state index contributed by atoms with van der Waals surface area (Å²) < 4.78 is 21.9. The Kier molecular flexibility index (Phi) is 19.3. The van der Waals surface area contributed by atoms with Crippen molar-refractivity contribution in [1.82, 2.24) is 15.5 Å². The van der Waals surface area contributed by atoms with Crippen LogP contribution in [0.25, 0.3) is 0 Å². The van der Waals surface area contributed by atoms with Crippen LogP contribution in [-0.4, -0.2) is 69.9 Å². The van der Waals surface area contributed by atoms with Gasteiger partial charge in [0.05, 0.1) is 17.2 Å². The van der Waals surface area contributed by atoms with Gasteiger partial charge in [-0.05, 0) is 153 Å². The van der Waals surface area contributed by atoms with Gasteiger partial charge >= 0.3 is 30.3 Å². The monoisotopic (exact) mass is 932 g/mol. The molecule has 0 unspecified atom stereocenters. The number of ether oxygens (including phenoxy) is 4. The summed E-state index contributed by atoms with van der Waals surface area (Å²) in [6.07, 6.45) is 1.84. The maximum atomic E-state index is 14.1. The van der Waals surface area contributed by atoms with Gasteiger partial charge in [-0.1, -0.05) is 62.7 Å². The molecule has 0 bridgehead atoms. The molecule has 16 heteroatoms. The minimum absolute atomic E-state index is 0.00963. The number of hydrogen-bond donors (Lipinski definition) is 2. The van der Waals surface area contributed by atoms with E-state index in [0.717, 1.165) is 11.1 Å². The molecule has 1 saturated carbocycles. The lowest BCUT2D eigenvalue weighted by Crippen LogP contribution is -2.47. The summed E-state index contributed by atoms with van der Waals surface area (Å²) >= 11 is 6.71. The third-order valence-corrected chi connectivity index (χ3v) is 10.1. The summed E-state index contributed by atoms with van der Waals surface area (Å²) in [5.74, 6) is -1.06. The number of esters is 2. The molecule has 0 atom stereocenters. The number of benzene rings is 3. The maximum absolute atomic E-state index is 14.1. The zero-order chi connectivity index (χ0) is 49.6. The van der Waals surface area contributed by atoms with E-state index in [0.29, 0.717) is 49.4 Å². The summed E-state index contributed by atoms with van der Waals surface area (Å²) in [6, 6.07) is 19.2. The van der Waals surface area contributed by atoms with E-state index in [-0.39, 0.29) is 59.1 Å². The van der Waals surface area contributed by atoms with Crippen LogP contribution in [0.2, 0.25) is 5.02 Å². The Hall–Kier alpha value is -6.05. The molecule has 4 rings (SSSR count). The zero-order valence-electron chi connectivity index (χ0n) is 40.2. The van der Waals surface area contributed by atoms with Crippen LogP contribution in [0.5, 0.6) is 5.75 Å². The van der Waals surface area contributed by atoms with E-state index in [1.54, 1.807) is 59.7 Å². The first-order valence-corrected chi connectivity index (χ1v) is 22.2. The smallest absolute Gasteiger partial charge is 0.414 e. The molecule has 3 aromatic rings. The number of aryl methyl sites for hydroxylation is 1. The van der Waals surface area contributed by atoms with Crippen molar-refractivity contribution in [2.45, 2.75) is 156 Å². The number of guanidine groups is 1. The molecular weight excluding hydrogens is 868 g/mol. The predicted molar refractivity (Wildman–Crippen MR) is 249 cm³/mol. The van der Waals surface area contributed by atoms with E-state index in [9.17, 15) is 24.0 Å². The number of rotatable bonds is 10. The fraction of sp³-hybridized carbons (Fsp3) is 0.500. The van der Waals surface area contributed by atoms with Crippen molar-refractivity contribution < 1.29 is 52.5 Å². The van der Waals surface area contributed by atoms with Crippen LogP contribution in [0.3, 0.4) is 0 Å². The first kappa shape index (κ1) is 54.3. The predicted octanol–water partition coefficient (Wildman–Crippen LogP) is 10.2. The zero-order valence-corrected chi connectivity index (χ0v) is 41.0. The molecule has 15 nitrogen and oxygen atoms in total. The van der Waals surface area contributed by atoms with Crippen molar-refractivity contribution in [2.24, 2.45) is 10.9 Å². The number of nitrogens with one attached hydrogen (secondary N) is 2. The number of alkyl carbamates (subject to hydrolysis) is 2. The van der Waals surface area contributed by atoms with Crippen LogP contribution in [0.15, 0.2) is 71.7 Å². The second-order valence-corrected chi connectivity index (χ2v) is 20.4. The lowest BCUT2D eigenvalue weighted by Gasteiger charge is -2.37. The van der Waals surface area contributed by atoms with Gasteiger partial charge in [0.2, 0.25) is 11.9 Å². The second-order valence-electron chi connectivity index (χ2n) is 20.0. The summed E-state index contributed by atoms with van der Waals surface area (Å²) in [6.45, 7) is 22.7. The highest BCUT2D eigenvalue weighted by Crippen LogP contribution is 2.33. The number of carbonyl (C=O) groups excluding carboxylic acids is 7. The highest BCUT2D eigenvalue weighted by Gasteiger charge is 2.34. The van der Waals surface area contributed by atoms with Crippen molar-refractivity contribution in [3.05, 3.63) is 94.0 Å². The number of carbonyl (C=O) groups is 5. The Morgan fingerprint density at radius 1 is 0.727 bits per heavy atom. The topological polar surface area (TPSA) is 196 Å². The number of halogens is 1. The first-order valence-electron chi connectivity index (χ1n) is 21.9. The molecule has 0 spiro atoms. The van der Waals surface area contributed by atoms with Crippen LogP contribution in [0.1, 0.15) is 142 Å². The fourth-order valence-corrected chi connectivity index (χ4v) is 7.06. The summed E-state index contributed by atoms with van der Waals surface area (Å²) in [4.78, 5) is 87.7. The van der Waals surface area contributed by atoms with Crippen LogP contribution in [0, 0.1) is 5.92 Å². The third kappa shape index (κ3) is 19.2. The van der Waals surface area contributed by atoms with Gasteiger partial charge < -0.3 is 23.8 Å². The first-order chi connectivity index (χ1) is 30.6. The van der Waals surface area contributed by atoms with Crippen LogP contribution in [0.4, 0.5) is 15.3 Å². The van der Waals surface area contributed by atoms with E-state index in [4.69, 9.17) is 40.1 Å². The Morgan fingerprint density at radius 2 is 1.27 bits per heavy atom. The maximum Gasteiger partial charge on any atom is 0.414 e. The standard InChI is InChI=1S/C49H65ClN4O9.CO2/c1-46(2,3)35-15-13-14-31(28-35)30-54(37-24-18-34(19-25-37)42(57)61-47(4,5)6)40(55)27-21-32-20-26-38(29-39(32)50)60-41(56)33-16-22-36(23-17-33)51-43(52-44(58)62-48(7,8)9)53-45(59)63-49(10,11)12;2-1-3/h13-17,20,22-23,26,28-29,34,37H,18-19,21,24-25,27,30H2,1-12H3,(H2,51,52,53,58,59);. The Morgan fingerprint density at radius 3 is 1.77 bits per heavy atom. The molecule has 0 aliphatic heterocycles. The van der Waals surface area contributed by atoms with E-state index >= 15 is 0 Å². The van der Waals surface area contributed by atoms with Crippen molar-refractivity contribution in [1.29, 1.82) is 0 Å². The van der Waals surface area contributed by atoms with Gasteiger partial charge in [-0.15, -0.1) is 0 Å². The third-order valence-electron chi connectivity index (χ3n) is 9.77. The minimum Gasteiger partial charge on any atom is -0.460 e. The fourth-order valence-electron chi connectivity index (χ4n) is 6.80. The molecule has 1 fully saturated rings. The molecule has 0 radical (unpaired) electrons. The highest BCUT2D eigenvalue weighted by molar-refractivity contribution is 6.31. The average Bonchev–Trinajstić information content (AvgIpc) is 3.18. The minimum atomic E-state index is -0.843. The molecule has 0 heterocycles. The van der Waals surface area contributed by atoms with E-state index in [2.05, 4.69) is 54.6 Å². The molecule has 66 heavy (non-hydrogen) atoms. The van der Waals surface area contributed by atoms with Crippen LogP contribution >= 0.6 is 11.6 Å². The molecule has 1 aliphatic carbocycles. The second kappa shape index (κ2) is 23.4. The number of amides is 3. The van der Waals surface area contributed by atoms with Crippen molar-refractivity contribution in [3.63, 3.8) is 0 Å². The number of nitrogens with zero attached hydrogens (tertiary/aromatic N) is 2. The quantitative estimate of drug-likeness (QED) is 0.0645. The van der Waals surface area contributed by atoms with Crippen LogP contribution in [-0.2, 0) is 51.8 Å². The van der Waals surface area contributed by atoms with Gasteiger partial charge in [-0.3, -0.25) is 20.2 Å². The van der Waals surface area contributed by atoms with Gasteiger partial charge in [0, 0.05) is 24.0 Å². The van der Waals surface area contributed by atoms with E-state index in [1.807, 2.05) is 31.7 Å². The van der Waals surface area contributed by atoms with E-state index in [1.165, 1.54) is 29.8 Å². The summed E-state index contributed by atoms with van der Waals surface area (Å²) in [7, 11) is 0. The molecule has 358 valence electrons. The normalized spacial score (nSPS) is 15.0. The average molecular weight is 934 g/mol. The summed E-state index contributed by atoms with van der Waals surface area (Å²) in [5.41, 5.74) is 1.25. The Labute approximate surface area is 393 Å². The van der Waals surface area contributed by atoms with Crippen molar-refractivity contribution in [3.8, 4) is 5.75 Å². The molecule has 0 aromatic heterocycles. The lowest BCUT2D eigenvalue weighted by atomic mass is 9.84. The molecule has 3 aromatic carbocycles. The van der Waals surface area contributed by atoms with Crippen molar-refractivity contribution >= 4 is 59.4 Å². The molecular formula is C50H65ClN4O11. The van der Waals surface area contributed by atoms with Gasteiger partial charge in [-0.25, -0.2) is 19.4 Å². The van der Waals surface area contributed by atoms with E-state index < -0.39 is 35.0 Å². The van der Waals surface area contributed by atoms with Crippen LogP contribution < -0.4 is 15.4 Å². The molecule has 3 amide bonds. The SMILES string of the molecule is CC(C)(C)OC(=O)NC(=Nc1ccc(C(=O)Oc2ccc(CCC(=O)N(Cc3cccc(C(C)(C)C)c3)C3CCC(C(=O)OC(C)(C)C)CC3)c(Cl)c2)cc1)NC(=O)OC(C)(C)C.O=C=O. The van der Waals surface area contributed by atoms with Gasteiger partial charge in [0.1, 0.15) is 22.6 Å². The Bertz CT molecular complexity index is 2200. The number of hydrogen-bond acceptors (Lipinski definition) is 12. The Balaban J connectivity index is 0.00000375. The van der Waals surface area contributed by atoms with Gasteiger partial charge in [-0.2, -0.15) is 9.59 Å². The molecule has 0 saturated heterocycles. The van der Waals surface area contributed by atoms with Gasteiger partial charge in [0.15, 0.2) is 0 Å².